The highest BCUT2D eigenvalue weighted by atomic mass is 16.5. The number of hydroxylamine groups is 2. The summed E-state index contributed by atoms with van der Waals surface area (Å²) >= 11 is 0. The molecule has 0 atom stereocenters. The van der Waals surface area contributed by atoms with Crippen molar-refractivity contribution in [1.29, 1.82) is 0 Å². The SMILES string of the molecule is [CH2]CCC(=O)N(O)CCCC. The van der Waals surface area contributed by atoms with Crippen molar-refractivity contribution in [3.05, 3.63) is 6.92 Å². The largest absolute Gasteiger partial charge is 0.286 e. The summed E-state index contributed by atoms with van der Waals surface area (Å²) in [7, 11) is 0. The summed E-state index contributed by atoms with van der Waals surface area (Å²) in [6, 6.07) is 0. The average molecular weight is 158 g/mol. The van der Waals surface area contributed by atoms with Gasteiger partial charge in [-0.25, -0.2) is 5.06 Å². The zero-order valence-corrected chi connectivity index (χ0v) is 7.05. The number of hydrogen-bond donors (Lipinski definition) is 1. The molecule has 1 radical (unpaired) electrons. The van der Waals surface area contributed by atoms with Crippen molar-refractivity contribution < 1.29 is 10.0 Å². The topological polar surface area (TPSA) is 40.5 Å². The minimum atomic E-state index is -0.228. The fourth-order valence-electron chi connectivity index (χ4n) is 0.713. The first-order valence-corrected chi connectivity index (χ1v) is 4.00. The summed E-state index contributed by atoms with van der Waals surface area (Å²) in [6.45, 7) is 5.98. The van der Waals surface area contributed by atoms with E-state index in [2.05, 4.69) is 6.92 Å². The van der Waals surface area contributed by atoms with Gasteiger partial charge < -0.3 is 0 Å². The van der Waals surface area contributed by atoms with Gasteiger partial charge in [0.2, 0.25) is 5.91 Å². The molecule has 11 heavy (non-hydrogen) atoms. The molecule has 0 bridgehead atoms. The van der Waals surface area contributed by atoms with E-state index in [-0.39, 0.29) is 5.91 Å². The second-order valence-electron chi connectivity index (χ2n) is 2.47. The van der Waals surface area contributed by atoms with Crippen molar-refractivity contribution in [2.45, 2.75) is 32.6 Å². The van der Waals surface area contributed by atoms with Gasteiger partial charge in [0.05, 0.1) is 0 Å². The van der Waals surface area contributed by atoms with Gasteiger partial charge >= 0.3 is 0 Å². The molecule has 3 heteroatoms. The Morgan fingerprint density at radius 1 is 1.64 bits per heavy atom. The third-order valence-corrected chi connectivity index (χ3v) is 1.40. The van der Waals surface area contributed by atoms with Crippen molar-refractivity contribution in [2.75, 3.05) is 6.54 Å². The van der Waals surface area contributed by atoms with Crippen LogP contribution in [0.1, 0.15) is 32.6 Å². The minimum absolute atomic E-state index is 0.228. The first-order chi connectivity index (χ1) is 5.22. The number of hydrogen-bond acceptors (Lipinski definition) is 2. The molecule has 0 aromatic heterocycles. The van der Waals surface area contributed by atoms with Crippen LogP contribution < -0.4 is 0 Å². The molecule has 0 aliphatic carbocycles. The Hall–Kier alpha value is -0.570. The van der Waals surface area contributed by atoms with Crippen LogP contribution in [-0.4, -0.2) is 22.7 Å². The van der Waals surface area contributed by atoms with Crippen molar-refractivity contribution in [1.82, 2.24) is 5.06 Å². The van der Waals surface area contributed by atoms with Gasteiger partial charge in [-0.1, -0.05) is 20.3 Å². The molecule has 1 amide bonds. The van der Waals surface area contributed by atoms with E-state index in [0.717, 1.165) is 17.9 Å². The maximum absolute atomic E-state index is 10.9. The standard InChI is InChI=1S/C8H16NO2/c1-3-5-7-9(11)8(10)6-4-2/h11H,2-7H2,1H3. The van der Waals surface area contributed by atoms with Crippen LogP contribution in [-0.2, 0) is 4.79 Å². The van der Waals surface area contributed by atoms with Crippen molar-refractivity contribution in [2.24, 2.45) is 0 Å². The Morgan fingerprint density at radius 3 is 2.73 bits per heavy atom. The molecule has 0 aromatic carbocycles. The Balaban J connectivity index is 3.46. The van der Waals surface area contributed by atoms with Gasteiger partial charge in [0.1, 0.15) is 0 Å². The van der Waals surface area contributed by atoms with Gasteiger partial charge in [0, 0.05) is 13.0 Å². The number of amides is 1. The van der Waals surface area contributed by atoms with E-state index in [0.29, 0.717) is 19.4 Å². The molecule has 0 aliphatic rings. The summed E-state index contributed by atoms with van der Waals surface area (Å²) in [4.78, 5) is 10.9. The minimum Gasteiger partial charge on any atom is -0.286 e. The Labute approximate surface area is 68.0 Å². The summed E-state index contributed by atoms with van der Waals surface area (Å²) in [5.74, 6) is -0.228. The van der Waals surface area contributed by atoms with E-state index in [9.17, 15) is 4.79 Å². The van der Waals surface area contributed by atoms with Crippen LogP contribution in [0.3, 0.4) is 0 Å². The molecule has 0 unspecified atom stereocenters. The molecule has 1 N–H and O–H groups in total. The molecule has 0 heterocycles. The number of rotatable bonds is 5. The molecular formula is C8H16NO2. The molecule has 0 aliphatic heterocycles. The van der Waals surface area contributed by atoms with Gasteiger partial charge in [-0.05, 0) is 12.8 Å². The Morgan fingerprint density at radius 2 is 2.27 bits per heavy atom. The normalized spacial score (nSPS) is 9.73. The van der Waals surface area contributed by atoms with Crippen LogP contribution in [0.15, 0.2) is 0 Å². The second kappa shape index (κ2) is 6.16. The van der Waals surface area contributed by atoms with E-state index in [1.54, 1.807) is 0 Å². The highest BCUT2D eigenvalue weighted by Gasteiger charge is 2.07. The van der Waals surface area contributed by atoms with E-state index < -0.39 is 0 Å². The molecule has 3 nitrogen and oxygen atoms in total. The highest BCUT2D eigenvalue weighted by Crippen LogP contribution is 1.96. The van der Waals surface area contributed by atoms with Crippen molar-refractivity contribution in [3.63, 3.8) is 0 Å². The summed E-state index contributed by atoms with van der Waals surface area (Å²) in [6.07, 6.45) is 2.70. The monoisotopic (exact) mass is 158 g/mol. The van der Waals surface area contributed by atoms with Gasteiger partial charge in [-0.2, -0.15) is 0 Å². The molecule has 0 rings (SSSR count). The third-order valence-electron chi connectivity index (χ3n) is 1.40. The number of carbonyl (C=O) groups is 1. The Kier molecular flexibility index (Phi) is 5.84. The zero-order valence-electron chi connectivity index (χ0n) is 7.05. The van der Waals surface area contributed by atoms with Gasteiger partial charge in [0.25, 0.3) is 0 Å². The predicted molar refractivity (Wildman–Crippen MR) is 43.0 cm³/mol. The highest BCUT2D eigenvalue weighted by molar-refractivity contribution is 5.74. The van der Waals surface area contributed by atoms with Crippen LogP contribution in [0.25, 0.3) is 0 Å². The molecule has 0 saturated heterocycles. The van der Waals surface area contributed by atoms with E-state index in [1.807, 2.05) is 6.92 Å². The quantitative estimate of drug-likeness (QED) is 0.488. The fraction of sp³-hybridized carbons (Fsp3) is 0.750. The van der Waals surface area contributed by atoms with E-state index in [4.69, 9.17) is 5.21 Å². The first-order valence-electron chi connectivity index (χ1n) is 4.00. The molecule has 0 aromatic rings. The van der Waals surface area contributed by atoms with Gasteiger partial charge in [0.15, 0.2) is 0 Å². The number of nitrogens with zero attached hydrogens (tertiary/aromatic N) is 1. The predicted octanol–water partition coefficient (Wildman–Crippen LogP) is 1.62. The first kappa shape index (κ1) is 10.4. The van der Waals surface area contributed by atoms with Gasteiger partial charge in [-0.15, -0.1) is 0 Å². The van der Waals surface area contributed by atoms with Crippen molar-refractivity contribution >= 4 is 5.91 Å². The van der Waals surface area contributed by atoms with Crippen LogP contribution in [0, 0.1) is 6.92 Å². The maximum atomic E-state index is 10.9. The van der Waals surface area contributed by atoms with Crippen LogP contribution in [0.4, 0.5) is 0 Å². The average Bonchev–Trinajstić information content (AvgIpc) is 2.00. The lowest BCUT2D eigenvalue weighted by molar-refractivity contribution is -0.165. The molecular weight excluding hydrogens is 142 g/mol. The lowest BCUT2D eigenvalue weighted by atomic mass is 10.3. The Bertz CT molecular complexity index is 115. The third kappa shape index (κ3) is 4.79. The van der Waals surface area contributed by atoms with Crippen LogP contribution >= 0.6 is 0 Å². The second-order valence-corrected chi connectivity index (χ2v) is 2.47. The fourth-order valence-corrected chi connectivity index (χ4v) is 0.713. The number of carbonyl (C=O) groups excluding carboxylic acids is 1. The summed E-state index contributed by atoms with van der Waals surface area (Å²) in [5.41, 5.74) is 0. The molecule has 65 valence electrons. The molecule has 0 spiro atoms. The van der Waals surface area contributed by atoms with Crippen LogP contribution in [0.5, 0.6) is 0 Å². The van der Waals surface area contributed by atoms with Crippen LogP contribution in [0.2, 0.25) is 0 Å². The van der Waals surface area contributed by atoms with Crippen molar-refractivity contribution in [3.8, 4) is 0 Å². The van der Waals surface area contributed by atoms with E-state index >= 15 is 0 Å². The van der Waals surface area contributed by atoms with E-state index in [1.165, 1.54) is 0 Å². The molecule has 0 saturated carbocycles. The van der Waals surface area contributed by atoms with Gasteiger partial charge in [-0.3, -0.25) is 10.0 Å². The smallest absolute Gasteiger partial charge is 0.245 e. The summed E-state index contributed by atoms with van der Waals surface area (Å²) < 4.78 is 0. The zero-order chi connectivity index (χ0) is 8.69. The molecule has 0 fully saturated rings. The lowest BCUT2D eigenvalue weighted by Crippen LogP contribution is -2.27. The number of unbranched alkanes of at least 4 members (excludes halogenated alkanes) is 1. The lowest BCUT2D eigenvalue weighted by Gasteiger charge is -2.13. The maximum Gasteiger partial charge on any atom is 0.245 e. The summed E-state index contributed by atoms with van der Waals surface area (Å²) in [5, 5.41) is 9.82.